The van der Waals surface area contributed by atoms with Gasteiger partial charge in [0.15, 0.2) is 0 Å². The molecular formula is C17H17IO. The number of aliphatic hydroxyl groups is 1. The number of halogens is 1. The first-order valence-electron chi connectivity index (χ1n) is 6.71. The van der Waals surface area contributed by atoms with Gasteiger partial charge in [0.05, 0.1) is 6.10 Å². The zero-order valence-electron chi connectivity index (χ0n) is 10.7. The summed E-state index contributed by atoms with van der Waals surface area (Å²) in [6.45, 7) is 0. The van der Waals surface area contributed by atoms with E-state index in [0.717, 1.165) is 12.8 Å². The van der Waals surface area contributed by atoms with E-state index in [1.54, 1.807) is 0 Å². The molecule has 0 bridgehead atoms. The highest BCUT2D eigenvalue weighted by molar-refractivity contribution is 14.1. The van der Waals surface area contributed by atoms with Crippen LogP contribution in [0.1, 0.15) is 23.5 Å². The normalized spacial score (nSPS) is 23.1. The summed E-state index contributed by atoms with van der Waals surface area (Å²) < 4.78 is 1.24. The minimum atomic E-state index is -0.217. The number of rotatable bonds is 4. The topological polar surface area (TPSA) is 20.2 Å². The molecule has 1 aliphatic rings. The molecule has 2 aromatic carbocycles. The predicted molar refractivity (Wildman–Crippen MR) is 86.2 cm³/mol. The largest absolute Gasteiger partial charge is 0.392 e. The maximum absolute atomic E-state index is 10.3. The first-order valence-corrected chi connectivity index (χ1v) is 7.79. The van der Waals surface area contributed by atoms with Gasteiger partial charge in [-0.1, -0.05) is 42.5 Å². The third-order valence-corrected chi connectivity index (χ3v) is 4.64. The summed E-state index contributed by atoms with van der Waals surface area (Å²) in [6.07, 6.45) is 1.67. The molecule has 0 aromatic heterocycles. The van der Waals surface area contributed by atoms with Gasteiger partial charge >= 0.3 is 0 Å². The molecule has 2 aromatic rings. The lowest BCUT2D eigenvalue weighted by Gasteiger charge is -2.10. The minimum Gasteiger partial charge on any atom is -0.392 e. The number of benzene rings is 2. The summed E-state index contributed by atoms with van der Waals surface area (Å²) >= 11 is 2.30. The Labute approximate surface area is 127 Å². The highest BCUT2D eigenvalue weighted by atomic mass is 127. The Morgan fingerprint density at radius 3 is 2.42 bits per heavy atom. The van der Waals surface area contributed by atoms with E-state index in [1.807, 2.05) is 6.07 Å². The van der Waals surface area contributed by atoms with Crippen molar-refractivity contribution in [3.63, 3.8) is 0 Å². The van der Waals surface area contributed by atoms with E-state index in [2.05, 4.69) is 71.1 Å². The molecular weight excluding hydrogens is 347 g/mol. The van der Waals surface area contributed by atoms with Crippen LogP contribution in [0.3, 0.4) is 0 Å². The molecule has 1 fully saturated rings. The van der Waals surface area contributed by atoms with Crippen LogP contribution in [0.25, 0.3) is 0 Å². The molecule has 0 heterocycles. The summed E-state index contributed by atoms with van der Waals surface area (Å²) in [6, 6.07) is 19.0. The van der Waals surface area contributed by atoms with Crippen molar-refractivity contribution in [3.05, 3.63) is 69.3 Å². The van der Waals surface area contributed by atoms with Gasteiger partial charge in [0, 0.05) is 3.57 Å². The first kappa shape index (κ1) is 13.1. The van der Waals surface area contributed by atoms with E-state index in [0.29, 0.717) is 11.8 Å². The van der Waals surface area contributed by atoms with E-state index in [4.69, 9.17) is 0 Å². The summed E-state index contributed by atoms with van der Waals surface area (Å²) in [5.41, 5.74) is 2.60. The summed E-state index contributed by atoms with van der Waals surface area (Å²) in [4.78, 5) is 0. The Kier molecular flexibility index (Phi) is 3.89. The van der Waals surface area contributed by atoms with E-state index in [1.165, 1.54) is 14.7 Å². The van der Waals surface area contributed by atoms with E-state index in [-0.39, 0.29) is 6.10 Å². The molecule has 1 N–H and O–H groups in total. The first-order chi connectivity index (χ1) is 9.24. The Balaban J connectivity index is 1.61. The van der Waals surface area contributed by atoms with Crippen LogP contribution in [0.5, 0.6) is 0 Å². The molecule has 3 unspecified atom stereocenters. The van der Waals surface area contributed by atoms with Gasteiger partial charge in [-0.3, -0.25) is 0 Å². The van der Waals surface area contributed by atoms with Crippen molar-refractivity contribution < 1.29 is 5.11 Å². The van der Waals surface area contributed by atoms with E-state index < -0.39 is 0 Å². The molecule has 1 nitrogen and oxygen atoms in total. The van der Waals surface area contributed by atoms with Crippen molar-refractivity contribution in [1.29, 1.82) is 0 Å². The number of hydrogen-bond donors (Lipinski definition) is 1. The predicted octanol–water partition coefficient (Wildman–Crippen LogP) is 4.00. The molecule has 0 saturated heterocycles. The standard InChI is InChI=1S/C17H17IO/c18-14-8-6-12(7-9-14)10-17(19)16-11-15(16)13-4-2-1-3-5-13/h1-9,15-17,19H,10-11H2. The fourth-order valence-electron chi connectivity index (χ4n) is 2.74. The lowest BCUT2D eigenvalue weighted by atomic mass is 10.0. The Morgan fingerprint density at radius 1 is 1.05 bits per heavy atom. The molecule has 2 heteroatoms. The van der Waals surface area contributed by atoms with E-state index >= 15 is 0 Å². The third-order valence-electron chi connectivity index (χ3n) is 3.92. The Hall–Kier alpha value is -0.870. The van der Waals surface area contributed by atoms with Crippen molar-refractivity contribution in [2.45, 2.75) is 24.9 Å². The van der Waals surface area contributed by atoms with Gasteiger partial charge in [0.1, 0.15) is 0 Å². The van der Waals surface area contributed by atoms with Crippen molar-refractivity contribution >= 4 is 22.6 Å². The fraction of sp³-hybridized carbons (Fsp3) is 0.294. The molecule has 3 atom stereocenters. The van der Waals surface area contributed by atoms with Crippen molar-refractivity contribution in [2.75, 3.05) is 0 Å². The molecule has 0 aliphatic heterocycles. The second-order valence-corrected chi connectivity index (χ2v) is 6.56. The number of hydrogen-bond acceptors (Lipinski definition) is 1. The van der Waals surface area contributed by atoms with Gasteiger partial charge in [0.2, 0.25) is 0 Å². The monoisotopic (exact) mass is 364 g/mol. The van der Waals surface area contributed by atoms with Crippen LogP contribution in [-0.4, -0.2) is 11.2 Å². The Bertz CT molecular complexity index is 535. The van der Waals surface area contributed by atoms with Gasteiger partial charge in [0.25, 0.3) is 0 Å². The van der Waals surface area contributed by atoms with Gasteiger partial charge in [-0.15, -0.1) is 0 Å². The number of aliphatic hydroxyl groups excluding tert-OH is 1. The second kappa shape index (κ2) is 5.63. The molecule has 0 amide bonds. The van der Waals surface area contributed by atoms with Gasteiger partial charge < -0.3 is 5.11 Å². The fourth-order valence-corrected chi connectivity index (χ4v) is 3.10. The van der Waals surface area contributed by atoms with Crippen LogP contribution < -0.4 is 0 Å². The molecule has 0 spiro atoms. The van der Waals surface area contributed by atoms with Gasteiger partial charge in [-0.2, -0.15) is 0 Å². The van der Waals surface area contributed by atoms with Crippen LogP contribution in [0.4, 0.5) is 0 Å². The highest BCUT2D eigenvalue weighted by Gasteiger charge is 2.42. The molecule has 98 valence electrons. The summed E-state index contributed by atoms with van der Waals surface area (Å²) in [7, 11) is 0. The molecule has 19 heavy (non-hydrogen) atoms. The summed E-state index contributed by atoms with van der Waals surface area (Å²) in [5.74, 6) is 0.988. The average Bonchev–Trinajstić information content (AvgIpc) is 3.23. The van der Waals surface area contributed by atoms with Crippen LogP contribution in [0.2, 0.25) is 0 Å². The van der Waals surface area contributed by atoms with Crippen molar-refractivity contribution in [2.24, 2.45) is 5.92 Å². The van der Waals surface area contributed by atoms with Gasteiger partial charge in [-0.05, 0) is 70.5 Å². The maximum Gasteiger partial charge on any atom is 0.0614 e. The average molecular weight is 364 g/mol. The van der Waals surface area contributed by atoms with E-state index in [9.17, 15) is 5.11 Å². The lowest BCUT2D eigenvalue weighted by molar-refractivity contribution is 0.149. The smallest absolute Gasteiger partial charge is 0.0614 e. The van der Waals surface area contributed by atoms with Crippen LogP contribution in [0, 0.1) is 9.49 Å². The van der Waals surface area contributed by atoms with Crippen molar-refractivity contribution in [1.82, 2.24) is 0 Å². The molecule has 1 saturated carbocycles. The van der Waals surface area contributed by atoms with Crippen molar-refractivity contribution in [3.8, 4) is 0 Å². The Morgan fingerprint density at radius 2 is 1.74 bits per heavy atom. The summed E-state index contributed by atoms with van der Waals surface area (Å²) in [5, 5.41) is 10.3. The maximum atomic E-state index is 10.3. The molecule has 3 rings (SSSR count). The lowest BCUT2D eigenvalue weighted by Crippen LogP contribution is -2.14. The second-order valence-electron chi connectivity index (χ2n) is 5.31. The zero-order chi connectivity index (χ0) is 13.2. The SMILES string of the molecule is OC(Cc1ccc(I)cc1)C1CC1c1ccccc1. The highest BCUT2D eigenvalue weighted by Crippen LogP contribution is 2.49. The quantitative estimate of drug-likeness (QED) is 0.814. The molecule has 0 radical (unpaired) electrons. The minimum absolute atomic E-state index is 0.217. The zero-order valence-corrected chi connectivity index (χ0v) is 12.8. The van der Waals surface area contributed by atoms with Gasteiger partial charge in [-0.25, -0.2) is 0 Å². The third kappa shape index (κ3) is 3.18. The van der Waals surface area contributed by atoms with Crippen LogP contribution >= 0.6 is 22.6 Å². The van der Waals surface area contributed by atoms with Crippen LogP contribution in [0.15, 0.2) is 54.6 Å². The molecule has 1 aliphatic carbocycles. The van der Waals surface area contributed by atoms with Crippen LogP contribution in [-0.2, 0) is 6.42 Å².